The lowest BCUT2D eigenvalue weighted by Crippen LogP contribution is -2.23. The maximum Gasteiger partial charge on any atom is 0.237 e. The number of nitrogens with one attached hydrogen (secondary N) is 1. The second-order valence-corrected chi connectivity index (χ2v) is 7.31. The molecule has 0 aliphatic carbocycles. The number of hydrogen-bond donors (Lipinski definition) is 1. The fourth-order valence-corrected chi connectivity index (χ4v) is 3.36. The van der Waals surface area contributed by atoms with Crippen LogP contribution in [-0.4, -0.2) is 33.0 Å². The van der Waals surface area contributed by atoms with Gasteiger partial charge in [0, 0.05) is 12.6 Å². The summed E-state index contributed by atoms with van der Waals surface area (Å²) in [6.07, 6.45) is 0. The molecule has 142 valence electrons. The first-order valence-corrected chi connectivity index (χ1v) is 9.42. The highest BCUT2D eigenvalue weighted by Crippen LogP contribution is 2.27. The summed E-state index contributed by atoms with van der Waals surface area (Å²) in [6.45, 7) is 1.79. The zero-order valence-electron chi connectivity index (χ0n) is 15.7. The van der Waals surface area contributed by atoms with Crippen molar-refractivity contribution in [2.24, 2.45) is 7.05 Å². The molecule has 1 N–H and O–H groups in total. The number of anilines is 1. The van der Waals surface area contributed by atoms with Gasteiger partial charge < -0.3 is 14.6 Å². The number of hydrogen-bond acceptors (Lipinski definition) is 6. The fourth-order valence-electron chi connectivity index (χ4n) is 2.54. The van der Waals surface area contributed by atoms with Gasteiger partial charge in [0.25, 0.3) is 0 Å². The van der Waals surface area contributed by atoms with Gasteiger partial charge in [-0.05, 0) is 43.3 Å². The van der Waals surface area contributed by atoms with Gasteiger partial charge >= 0.3 is 0 Å². The van der Waals surface area contributed by atoms with E-state index in [9.17, 15) is 4.79 Å². The molecular weight excluding hydrogens is 374 g/mol. The first-order chi connectivity index (χ1) is 13.5. The summed E-state index contributed by atoms with van der Waals surface area (Å²) in [7, 11) is 3.48. The second kappa shape index (κ2) is 8.59. The number of aromatic nitrogens is 3. The topological polar surface area (TPSA) is 92.8 Å². The zero-order chi connectivity index (χ0) is 20.1. The van der Waals surface area contributed by atoms with E-state index in [0.29, 0.717) is 22.2 Å². The molecule has 0 bridgehead atoms. The summed E-state index contributed by atoms with van der Waals surface area (Å²) in [5, 5.41) is 20.6. The van der Waals surface area contributed by atoms with Crippen LogP contribution < -0.4 is 10.1 Å². The van der Waals surface area contributed by atoms with E-state index >= 15 is 0 Å². The third kappa shape index (κ3) is 4.15. The van der Waals surface area contributed by atoms with E-state index < -0.39 is 5.25 Å². The number of para-hydroxylation sites is 1. The number of nitriles is 1. The van der Waals surface area contributed by atoms with Crippen LogP contribution >= 0.6 is 11.8 Å². The second-order valence-electron chi connectivity index (χ2n) is 6.00. The van der Waals surface area contributed by atoms with Crippen LogP contribution in [0.5, 0.6) is 5.75 Å². The van der Waals surface area contributed by atoms with Crippen LogP contribution in [0, 0.1) is 11.3 Å². The standard InChI is InChI=1S/C20H19N5O2S/c1-13(19(26)22-17-7-5-4-6-15(17)12-21)28-20-24-23-18(25(20)2)14-8-10-16(27-3)11-9-14/h4-11,13H,1-3H3,(H,22,26)/t13-/m1/s1. The molecule has 0 aliphatic rings. The molecule has 7 nitrogen and oxygen atoms in total. The Bertz CT molecular complexity index is 1020. The molecule has 0 saturated heterocycles. The van der Waals surface area contributed by atoms with Crippen molar-refractivity contribution in [3.8, 4) is 23.2 Å². The summed E-state index contributed by atoms with van der Waals surface area (Å²) in [5.41, 5.74) is 1.83. The number of thioether (sulfide) groups is 1. The Morgan fingerprint density at radius 2 is 1.93 bits per heavy atom. The predicted molar refractivity (Wildman–Crippen MR) is 108 cm³/mol. The number of methoxy groups -OCH3 is 1. The highest BCUT2D eigenvalue weighted by atomic mass is 32.2. The molecule has 0 spiro atoms. The lowest BCUT2D eigenvalue weighted by Gasteiger charge is -2.12. The Kier molecular flexibility index (Phi) is 5.96. The molecule has 1 heterocycles. The van der Waals surface area contributed by atoms with Crippen LogP contribution in [0.15, 0.2) is 53.7 Å². The van der Waals surface area contributed by atoms with Crippen LogP contribution in [0.1, 0.15) is 12.5 Å². The number of amides is 1. The highest BCUT2D eigenvalue weighted by Gasteiger charge is 2.20. The molecule has 0 radical (unpaired) electrons. The highest BCUT2D eigenvalue weighted by molar-refractivity contribution is 8.00. The Morgan fingerprint density at radius 1 is 1.21 bits per heavy atom. The van der Waals surface area contributed by atoms with E-state index in [1.165, 1.54) is 11.8 Å². The molecular formula is C20H19N5O2S. The summed E-state index contributed by atoms with van der Waals surface area (Å²) in [4.78, 5) is 12.5. The maximum atomic E-state index is 12.5. The molecule has 0 unspecified atom stereocenters. The van der Waals surface area contributed by atoms with Crippen molar-refractivity contribution < 1.29 is 9.53 Å². The van der Waals surface area contributed by atoms with Crippen LogP contribution in [-0.2, 0) is 11.8 Å². The molecule has 1 aromatic heterocycles. The van der Waals surface area contributed by atoms with Gasteiger partial charge in [-0.3, -0.25) is 4.79 Å². The van der Waals surface area contributed by atoms with Crippen LogP contribution in [0.2, 0.25) is 0 Å². The smallest absolute Gasteiger partial charge is 0.237 e. The van der Waals surface area contributed by atoms with Gasteiger partial charge in [0.05, 0.1) is 23.6 Å². The molecule has 8 heteroatoms. The van der Waals surface area contributed by atoms with E-state index in [4.69, 9.17) is 10.00 Å². The van der Waals surface area contributed by atoms with Crippen LogP contribution in [0.4, 0.5) is 5.69 Å². The third-order valence-corrected chi connectivity index (χ3v) is 5.27. The summed E-state index contributed by atoms with van der Waals surface area (Å²) in [5.74, 6) is 1.26. The molecule has 3 aromatic rings. The first kappa shape index (κ1) is 19.5. The Hall–Kier alpha value is -3.31. The molecule has 0 fully saturated rings. The molecule has 3 rings (SSSR count). The molecule has 28 heavy (non-hydrogen) atoms. The minimum absolute atomic E-state index is 0.207. The van der Waals surface area contributed by atoms with Crippen molar-refractivity contribution in [3.63, 3.8) is 0 Å². The van der Waals surface area contributed by atoms with Gasteiger partial charge in [-0.25, -0.2) is 0 Å². The quantitative estimate of drug-likeness (QED) is 0.645. The Labute approximate surface area is 167 Å². The summed E-state index contributed by atoms with van der Waals surface area (Å²) in [6, 6.07) is 16.5. The average molecular weight is 393 g/mol. The molecule has 2 aromatic carbocycles. The van der Waals surface area contributed by atoms with Gasteiger partial charge in [-0.15, -0.1) is 10.2 Å². The van der Waals surface area contributed by atoms with E-state index in [0.717, 1.165) is 11.3 Å². The van der Waals surface area contributed by atoms with E-state index in [1.54, 1.807) is 38.3 Å². The number of rotatable bonds is 6. The Balaban J connectivity index is 1.72. The third-order valence-electron chi connectivity index (χ3n) is 4.14. The first-order valence-electron chi connectivity index (χ1n) is 8.54. The lowest BCUT2D eigenvalue weighted by atomic mass is 10.2. The number of ether oxygens (including phenoxy) is 1. The molecule has 0 aliphatic heterocycles. The van der Waals surface area contributed by atoms with E-state index in [2.05, 4.69) is 21.6 Å². The minimum Gasteiger partial charge on any atom is -0.497 e. The molecule has 0 saturated carbocycles. The van der Waals surface area contributed by atoms with Crippen molar-refractivity contribution in [1.82, 2.24) is 14.8 Å². The van der Waals surface area contributed by atoms with Crippen molar-refractivity contribution in [2.45, 2.75) is 17.3 Å². The number of nitrogens with zero attached hydrogens (tertiary/aromatic N) is 4. The summed E-state index contributed by atoms with van der Waals surface area (Å²) >= 11 is 1.30. The van der Waals surface area contributed by atoms with Crippen molar-refractivity contribution in [2.75, 3.05) is 12.4 Å². The van der Waals surface area contributed by atoms with Gasteiger partial charge in [0.15, 0.2) is 11.0 Å². The number of carbonyl (C=O) groups excluding carboxylic acids is 1. The van der Waals surface area contributed by atoms with Gasteiger partial charge in [0.1, 0.15) is 11.8 Å². The van der Waals surface area contributed by atoms with Crippen molar-refractivity contribution in [1.29, 1.82) is 5.26 Å². The van der Waals surface area contributed by atoms with Crippen molar-refractivity contribution in [3.05, 3.63) is 54.1 Å². The zero-order valence-corrected chi connectivity index (χ0v) is 16.5. The Morgan fingerprint density at radius 3 is 2.61 bits per heavy atom. The van der Waals surface area contributed by atoms with Gasteiger partial charge in [-0.2, -0.15) is 5.26 Å². The maximum absolute atomic E-state index is 12.5. The van der Waals surface area contributed by atoms with E-state index in [1.807, 2.05) is 35.9 Å². The van der Waals surface area contributed by atoms with Crippen molar-refractivity contribution >= 4 is 23.4 Å². The van der Waals surface area contributed by atoms with Gasteiger partial charge in [-0.1, -0.05) is 23.9 Å². The predicted octanol–water partition coefficient (Wildman–Crippen LogP) is 3.48. The largest absolute Gasteiger partial charge is 0.497 e. The monoisotopic (exact) mass is 393 g/mol. The lowest BCUT2D eigenvalue weighted by molar-refractivity contribution is -0.115. The SMILES string of the molecule is COc1ccc(-c2nnc(S[C@H](C)C(=O)Nc3ccccc3C#N)n2C)cc1. The summed E-state index contributed by atoms with van der Waals surface area (Å²) < 4.78 is 7.02. The number of benzene rings is 2. The average Bonchev–Trinajstić information content (AvgIpc) is 3.08. The number of carbonyl (C=O) groups is 1. The minimum atomic E-state index is -0.418. The normalized spacial score (nSPS) is 11.5. The van der Waals surface area contributed by atoms with Crippen LogP contribution in [0.3, 0.4) is 0 Å². The molecule has 1 atom stereocenters. The van der Waals surface area contributed by atoms with E-state index in [-0.39, 0.29) is 5.91 Å². The van der Waals surface area contributed by atoms with Gasteiger partial charge in [0.2, 0.25) is 5.91 Å². The molecule has 1 amide bonds. The van der Waals surface area contributed by atoms with Crippen LogP contribution in [0.25, 0.3) is 11.4 Å². The fraction of sp³-hybridized carbons (Fsp3) is 0.200.